The van der Waals surface area contributed by atoms with Crippen molar-refractivity contribution in [2.24, 2.45) is 5.73 Å². The molecule has 2 rings (SSSR count). The van der Waals surface area contributed by atoms with Gasteiger partial charge in [-0.2, -0.15) is 0 Å². The average Bonchev–Trinajstić information content (AvgIpc) is 2.36. The summed E-state index contributed by atoms with van der Waals surface area (Å²) >= 11 is 0. The smallest absolute Gasteiger partial charge is 0.0685 e. The molecule has 0 radical (unpaired) electrons. The zero-order valence-corrected chi connectivity index (χ0v) is 10.4. The number of ether oxygens (including phenoxy) is 1. The van der Waals surface area contributed by atoms with Gasteiger partial charge in [0.2, 0.25) is 0 Å². The third-order valence-electron chi connectivity index (χ3n) is 3.01. The van der Waals surface area contributed by atoms with Gasteiger partial charge in [-0.3, -0.25) is 0 Å². The molecule has 0 amide bonds. The zero-order chi connectivity index (χ0) is 12.3. The van der Waals surface area contributed by atoms with Crippen LogP contribution < -0.4 is 5.73 Å². The Hall–Kier alpha value is -1.38. The van der Waals surface area contributed by atoms with E-state index in [-0.39, 0.29) is 0 Å². The molecule has 2 aromatic carbocycles. The van der Waals surface area contributed by atoms with Crippen LogP contribution in [0.3, 0.4) is 0 Å². The number of hydrogen-bond acceptors (Lipinski definition) is 2. The molecule has 0 bridgehead atoms. The van der Waals surface area contributed by atoms with Gasteiger partial charge in [-0.1, -0.05) is 42.5 Å². The molecule has 2 N–H and O–H groups in total. The van der Waals surface area contributed by atoms with Crippen LogP contribution in [-0.4, -0.2) is 13.2 Å². The zero-order valence-electron chi connectivity index (χ0n) is 10.4. The topological polar surface area (TPSA) is 35.2 Å². The largest absolute Gasteiger partial charge is 0.379 e. The number of fused-ring (bicyclic) bond motifs is 1. The Morgan fingerprint density at radius 1 is 1.12 bits per heavy atom. The normalized spacial score (nSPS) is 14.8. The molecule has 1 unspecified atom stereocenters. The number of nitrogens with two attached hydrogens (primary N) is 1. The van der Waals surface area contributed by atoms with Crippen LogP contribution in [0.2, 0.25) is 0 Å². The number of hydrogen-bond donors (Lipinski definition) is 1. The summed E-state index contributed by atoms with van der Waals surface area (Å²) in [4.78, 5) is 0. The third kappa shape index (κ3) is 2.48. The first-order valence-corrected chi connectivity index (χ1v) is 6.00. The molecule has 0 aliphatic carbocycles. The molecule has 0 spiro atoms. The van der Waals surface area contributed by atoms with Gasteiger partial charge in [0.1, 0.15) is 0 Å². The minimum atomic E-state index is -0.448. The van der Waals surface area contributed by atoms with E-state index in [0.717, 1.165) is 5.56 Å². The van der Waals surface area contributed by atoms with Crippen LogP contribution in [0.15, 0.2) is 42.5 Å². The van der Waals surface area contributed by atoms with E-state index in [1.165, 1.54) is 10.8 Å². The second-order valence-electron chi connectivity index (χ2n) is 4.58. The lowest BCUT2D eigenvalue weighted by molar-refractivity contribution is 0.101. The van der Waals surface area contributed by atoms with Crippen molar-refractivity contribution in [3.63, 3.8) is 0 Å². The van der Waals surface area contributed by atoms with E-state index in [1.54, 1.807) is 0 Å². The molecule has 0 aliphatic heterocycles. The fraction of sp³-hybridized carbons (Fsp3) is 0.333. The standard InChI is InChI=1S/C15H19NO/c1-3-17-11-15(2,16)14-10-6-8-12-7-4-5-9-13(12)14/h4-10H,3,11,16H2,1-2H3. The van der Waals surface area contributed by atoms with Gasteiger partial charge in [0, 0.05) is 6.61 Å². The Morgan fingerprint density at radius 3 is 2.59 bits per heavy atom. The van der Waals surface area contributed by atoms with Crippen LogP contribution in [0.25, 0.3) is 10.8 Å². The van der Waals surface area contributed by atoms with E-state index in [9.17, 15) is 0 Å². The van der Waals surface area contributed by atoms with Crippen LogP contribution in [0, 0.1) is 0 Å². The van der Waals surface area contributed by atoms with Gasteiger partial charge in [-0.25, -0.2) is 0 Å². The lowest BCUT2D eigenvalue weighted by Crippen LogP contribution is -2.38. The molecular weight excluding hydrogens is 210 g/mol. The van der Waals surface area contributed by atoms with Crippen molar-refractivity contribution in [2.45, 2.75) is 19.4 Å². The second kappa shape index (κ2) is 4.86. The first-order chi connectivity index (χ1) is 8.15. The molecule has 0 aromatic heterocycles. The minimum absolute atomic E-state index is 0.448. The summed E-state index contributed by atoms with van der Waals surface area (Å²) in [5.74, 6) is 0. The molecule has 1 atom stereocenters. The Bertz CT molecular complexity index is 500. The van der Waals surface area contributed by atoms with Gasteiger partial charge in [0.15, 0.2) is 0 Å². The van der Waals surface area contributed by atoms with E-state index in [2.05, 4.69) is 30.3 Å². The fourth-order valence-electron chi connectivity index (χ4n) is 2.12. The minimum Gasteiger partial charge on any atom is -0.379 e. The second-order valence-corrected chi connectivity index (χ2v) is 4.58. The van der Waals surface area contributed by atoms with E-state index < -0.39 is 5.54 Å². The Kier molecular flexibility index (Phi) is 3.46. The number of rotatable bonds is 4. The van der Waals surface area contributed by atoms with Crippen molar-refractivity contribution < 1.29 is 4.74 Å². The summed E-state index contributed by atoms with van der Waals surface area (Å²) in [5, 5.41) is 2.43. The Labute approximate surface area is 102 Å². The molecule has 17 heavy (non-hydrogen) atoms. The number of benzene rings is 2. The monoisotopic (exact) mass is 229 g/mol. The summed E-state index contributed by atoms with van der Waals surface area (Å²) in [6, 6.07) is 14.5. The molecule has 2 nitrogen and oxygen atoms in total. The lowest BCUT2D eigenvalue weighted by atomic mass is 9.89. The maximum atomic E-state index is 6.37. The van der Waals surface area contributed by atoms with Crippen molar-refractivity contribution in [2.75, 3.05) is 13.2 Å². The maximum Gasteiger partial charge on any atom is 0.0685 e. The summed E-state index contributed by atoms with van der Waals surface area (Å²) in [7, 11) is 0. The van der Waals surface area contributed by atoms with Crippen molar-refractivity contribution in [1.29, 1.82) is 0 Å². The Morgan fingerprint density at radius 2 is 1.82 bits per heavy atom. The van der Waals surface area contributed by atoms with Crippen molar-refractivity contribution in [3.8, 4) is 0 Å². The van der Waals surface area contributed by atoms with Crippen LogP contribution in [0.5, 0.6) is 0 Å². The predicted octanol–water partition coefficient (Wildman–Crippen LogP) is 3.05. The first-order valence-electron chi connectivity index (χ1n) is 6.00. The van der Waals surface area contributed by atoms with Crippen molar-refractivity contribution in [3.05, 3.63) is 48.0 Å². The highest BCUT2D eigenvalue weighted by Crippen LogP contribution is 2.27. The molecule has 0 fully saturated rings. The SMILES string of the molecule is CCOCC(C)(N)c1cccc2ccccc12. The molecular formula is C15H19NO. The predicted molar refractivity (Wildman–Crippen MR) is 72.0 cm³/mol. The van der Waals surface area contributed by atoms with Gasteiger partial charge in [-0.15, -0.1) is 0 Å². The summed E-state index contributed by atoms with van der Waals surface area (Å²) in [6.07, 6.45) is 0. The fourth-order valence-corrected chi connectivity index (χ4v) is 2.12. The van der Waals surface area contributed by atoms with Crippen LogP contribution in [0.4, 0.5) is 0 Å². The molecule has 0 heterocycles. The lowest BCUT2D eigenvalue weighted by Gasteiger charge is -2.26. The Balaban J connectivity index is 2.47. The molecule has 0 saturated heterocycles. The highest BCUT2D eigenvalue weighted by molar-refractivity contribution is 5.86. The summed E-state index contributed by atoms with van der Waals surface area (Å²) in [6.45, 7) is 5.23. The molecule has 0 saturated carbocycles. The summed E-state index contributed by atoms with van der Waals surface area (Å²) in [5.41, 5.74) is 7.06. The van der Waals surface area contributed by atoms with Gasteiger partial charge >= 0.3 is 0 Å². The third-order valence-corrected chi connectivity index (χ3v) is 3.01. The quantitative estimate of drug-likeness (QED) is 0.874. The highest BCUT2D eigenvalue weighted by Gasteiger charge is 2.23. The van der Waals surface area contributed by atoms with Crippen molar-refractivity contribution >= 4 is 10.8 Å². The molecule has 2 heteroatoms. The maximum absolute atomic E-state index is 6.37. The van der Waals surface area contributed by atoms with Crippen molar-refractivity contribution in [1.82, 2.24) is 0 Å². The van der Waals surface area contributed by atoms with Crippen LogP contribution in [-0.2, 0) is 10.3 Å². The summed E-state index contributed by atoms with van der Waals surface area (Å²) < 4.78 is 5.48. The first kappa shape index (κ1) is 12.1. The van der Waals surface area contributed by atoms with Gasteiger partial charge < -0.3 is 10.5 Å². The molecule has 90 valence electrons. The van der Waals surface area contributed by atoms with E-state index in [1.807, 2.05) is 26.0 Å². The van der Waals surface area contributed by atoms with E-state index in [0.29, 0.717) is 13.2 Å². The highest BCUT2D eigenvalue weighted by atomic mass is 16.5. The van der Waals surface area contributed by atoms with Crippen LogP contribution >= 0.6 is 0 Å². The van der Waals surface area contributed by atoms with E-state index >= 15 is 0 Å². The van der Waals surface area contributed by atoms with Gasteiger partial charge in [0.25, 0.3) is 0 Å². The van der Waals surface area contributed by atoms with Gasteiger partial charge in [0.05, 0.1) is 12.1 Å². The van der Waals surface area contributed by atoms with Gasteiger partial charge in [-0.05, 0) is 30.2 Å². The van der Waals surface area contributed by atoms with E-state index in [4.69, 9.17) is 10.5 Å². The molecule has 0 aliphatic rings. The van der Waals surface area contributed by atoms with Crippen LogP contribution in [0.1, 0.15) is 19.4 Å². The molecule has 2 aromatic rings. The average molecular weight is 229 g/mol.